The Morgan fingerprint density at radius 3 is 2.86 bits per heavy atom. The average Bonchev–Trinajstić information content (AvgIpc) is 3.01. The van der Waals surface area contributed by atoms with Crippen molar-refractivity contribution in [2.45, 2.75) is 32.9 Å². The zero-order valence-corrected chi connectivity index (χ0v) is 12.4. The smallest absolute Gasteiger partial charge is 0.326 e. The minimum atomic E-state index is -1.02. The van der Waals surface area contributed by atoms with Crippen LogP contribution >= 0.6 is 11.3 Å². The second-order valence-corrected chi connectivity index (χ2v) is 6.17. The van der Waals surface area contributed by atoms with Gasteiger partial charge in [-0.15, -0.1) is 11.3 Å². The number of nitrogens with one attached hydrogen (secondary N) is 1. The number of fused-ring (bicyclic) bond motifs is 1. The average molecular weight is 306 g/mol. The first-order valence-corrected chi connectivity index (χ1v) is 7.28. The summed E-state index contributed by atoms with van der Waals surface area (Å²) in [6.07, 6.45) is 1.75. The number of carbonyl (C=O) groups is 2. The van der Waals surface area contributed by atoms with Gasteiger partial charge in [0.25, 0.3) is 5.91 Å². The van der Waals surface area contributed by atoms with Crippen molar-refractivity contribution >= 4 is 23.2 Å². The number of aromatic amines is 1. The quantitative estimate of drug-likeness (QED) is 0.866. The summed E-state index contributed by atoms with van der Waals surface area (Å²) in [5.74, 6) is -1.30. The van der Waals surface area contributed by atoms with Gasteiger partial charge >= 0.3 is 5.97 Å². The Morgan fingerprint density at radius 2 is 2.24 bits per heavy atom. The molecule has 1 atom stereocenters. The Balaban J connectivity index is 1.97. The van der Waals surface area contributed by atoms with Crippen molar-refractivity contribution in [3.8, 4) is 0 Å². The van der Waals surface area contributed by atoms with Crippen molar-refractivity contribution in [2.75, 3.05) is 0 Å². The van der Waals surface area contributed by atoms with Gasteiger partial charge < -0.3 is 15.0 Å². The minimum absolute atomic E-state index is 0.219. The summed E-state index contributed by atoms with van der Waals surface area (Å²) < 4.78 is 0. The Kier molecular flexibility index (Phi) is 3.25. The van der Waals surface area contributed by atoms with E-state index in [1.54, 1.807) is 6.92 Å². The summed E-state index contributed by atoms with van der Waals surface area (Å²) in [6.45, 7) is 3.81. The van der Waals surface area contributed by atoms with E-state index in [4.69, 9.17) is 0 Å². The molecule has 0 aliphatic carbocycles. The van der Waals surface area contributed by atoms with Crippen molar-refractivity contribution in [3.05, 3.63) is 33.3 Å². The van der Waals surface area contributed by atoms with Crippen LogP contribution in [-0.4, -0.2) is 42.9 Å². The number of nitrogens with zero attached hydrogens (tertiary/aromatic N) is 3. The van der Waals surface area contributed by atoms with Crippen molar-refractivity contribution in [1.82, 2.24) is 19.9 Å². The maximum Gasteiger partial charge on any atom is 0.326 e. The molecule has 0 saturated carbocycles. The van der Waals surface area contributed by atoms with Crippen LogP contribution in [0.15, 0.2) is 6.33 Å². The van der Waals surface area contributed by atoms with Crippen LogP contribution in [0, 0.1) is 13.8 Å². The molecular formula is C13H14N4O3S. The molecule has 0 radical (unpaired) electrons. The van der Waals surface area contributed by atoms with Gasteiger partial charge in [-0.25, -0.2) is 14.8 Å². The number of aryl methyl sites for hydroxylation is 2. The van der Waals surface area contributed by atoms with Gasteiger partial charge in [-0.1, -0.05) is 0 Å². The highest BCUT2D eigenvalue weighted by Gasteiger charge is 2.37. The standard InChI is InChI=1S/C13H14N4O3S/c1-6-11(21-7(2)16-6)12(18)17-4-9-8(14-5-15-9)3-10(17)13(19)20/h5,10H,3-4H2,1-2H3,(H,14,15)(H,19,20). The number of hydrogen-bond acceptors (Lipinski definition) is 5. The van der Waals surface area contributed by atoms with Gasteiger partial charge in [0.2, 0.25) is 0 Å². The summed E-state index contributed by atoms with van der Waals surface area (Å²) >= 11 is 1.29. The molecule has 2 N–H and O–H groups in total. The molecular weight excluding hydrogens is 292 g/mol. The number of rotatable bonds is 2. The number of carboxylic acid groups (broad SMARTS) is 1. The molecule has 110 valence electrons. The normalized spacial score (nSPS) is 17.6. The fourth-order valence-electron chi connectivity index (χ4n) is 2.53. The second kappa shape index (κ2) is 4.96. The molecule has 7 nitrogen and oxygen atoms in total. The highest BCUT2D eigenvalue weighted by Crippen LogP contribution is 2.26. The van der Waals surface area contributed by atoms with E-state index in [0.717, 1.165) is 10.7 Å². The predicted molar refractivity (Wildman–Crippen MR) is 75.2 cm³/mol. The SMILES string of the molecule is Cc1nc(C)c(C(=O)N2Cc3[nH]cnc3CC2C(=O)O)s1. The Hall–Kier alpha value is -2.22. The fraction of sp³-hybridized carbons (Fsp3) is 0.385. The molecule has 0 bridgehead atoms. The van der Waals surface area contributed by atoms with Crippen LogP contribution in [0.1, 0.15) is 31.8 Å². The van der Waals surface area contributed by atoms with E-state index >= 15 is 0 Å². The fourth-order valence-corrected chi connectivity index (χ4v) is 3.41. The van der Waals surface area contributed by atoms with E-state index in [1.807, 2.05) is 6.92 Å². The summed E-state index contributed by atoms with van der Waals surface area (Å²) in [5.41, 5.74) is 2.14. The highest BCUT2D eigenvalue weighted by atomic mass is 32.1. The first kappa shape index (κ1) is 13.7. The molecule has 1 unspecified atom stereocenters. The number of aliphatic carboxylic acids is 1. The molecule has 3 heterocycles. The zero-order valence-electron chi connectivity index (χ0n) is 11.6. The van der Waals surface area contributed by atoms with E-state index in [9.17, 15) is 14.7 Å². The van der Waals surface area contributed by atoms with E-state index in [-0.39, 0.29) is 18.9 Å². The number of carboxylic acids is 1. The topological polar surface area (TPSA) is 99.2 Å². The maximum atomic E-state index is 12.7. The molecule has 8 heteroatoms. The number of imidazole rings is 1. The van der Waals surface area contributed by atoms with Crippen LogP contribution < -0.4 is 0 Å². The van der Waals surface area contributed by atoms with Crippen molar-refractivity contribution in [2.24, 2.45) is 0 Å². The van der Waals surface area contributed by atoms with E-state index < -0.39 is 12.0 Å². The van der Waals surface area contributed by atoms with Crippen molar-refractivity contribution in [1.29, 1.82) is 0 Å². The Bertz CT molecular complexity index is 721. The first-order chi connectivity index (χ1) is 9.97. The number of thiazole rings is 1. The van der Waals surface area contributed by atoms with Gasteiger partial charge in [-0.05, 0) is 13.8 Å². The van der Waals surface area contributed by atoms with Gasteiger partial charge in [-0.2, -0.15) is 0 Å². The molecule has 0 fully saturated rings. The second-order valence-electron chi connectivity index (χ2n) is 4.97. The van der Waals surface area contributed by atoms with Crippen LogP contribution in [0.5, 0.6) is 0 Å². The van der Waals surface area contributed by atoms with Crippen molar-refractivity contribution in [3.63, 3.8) is 0 Å². The monoisotopic (exact) mass is 306 g/mol. The highest BCUT2D eigenvalue weighted by molar-refractivity contribution is 7.13. The summed E-state index contributed by atoms with van der Waals surface area (Å²) in [7, 11) is 0. The third kappa shape index (κ3) is 2.31. The van der Waals surface area contributed by atoms with Crippen LogP contribution in [-0.2, 0) is 17.8 Å². The molecule has 1 aliphatic heterocycles. The van der Waals surface area contributed by atoms with Crippen LogP contribution in [0.3, 0.4) is 0 Å². The Morgan fingerprint density at radius 1 is 1.48 bits per heavy atom. The van der Waals surface area contributed by atoms with Gasteiger partial charge in [0, 0.05) is 6.42 Å². The third-order valence-electron chi connectivity index (χ3n) is 3.54. The molecule has 0 spiro atoms. The number of hydrogen-bond donors (Lipinski definition) is 2. The van der Waals surface area contributed by atoms with E-state index in [0.29, 0.717) is 16.3 Å². The zero-order chi connectivity index (χ0) is 15.1. The molecule has 2 aromatic heterocycles. The lowest BCUT2D eigenvalue weighted by molar-refractivity contribution is -0.142. The van der Waals surface area contributed by atoms with Crippen molar-refractivity contribution < 1.29 is 14.7 Å². The number of amides is 1. The van der Waals surface area contributed by atoms with Crippen LogP contribution in [0.2, 0.25) is 0 Å². The first-order valence-electron chi connectivity index (χ1n) is 6.46. The maximum absolute atomic E-state index is 12.7. The minimum Gasteiger partial charge on any atom is -0.480 e. The largest absolute Gasteiger partial charge is 0.480 e. The summed E-state index contributed by atoms with van der Waals surface area (Å²) in [4.78, 5) is 37.3. The van der Waals surface area contributed by atoms with Gasteiger partial charge in [0.1, 0.15) is 10.9 Å². The third-order valence-corrected chi connectivity index (χ3v) is 4.60. The lowest BCUT2D eigenvalue weighted by Gasteiger charge is -2.32. The van der Waals surface area contributed by atoms with Gasteiger partial charge in [-0.3, -0.25) is 4.79 Å². The van der Waals surface area contributed by atoms with Crippen LogP contribution in [0.4, 0.5) is 0 Å². The van der Waals surface area contributed by atoms with Crippen LogP contribution in [0.25, 0.3) is 0 Å². The lowest BCUT2D eigenvalue weighted by Crippen LogP contribution is -2.48. The Labute approximate surface area is 124 Å². The molecule has 2 aromatic rings. The predicted octanol–water partition coefficient (Wildman–Crippen LogP) is 1.13. The molecule has 21 heavy (non-hydrogen) atoms. The van der Waals surface area contributed by atoms with Gasteiger partial charge in [0.05, 0.1) is 35.0 Å². The number of carbonyl (C=O) groups excluding carboxylic acids is 1. The van der Waals surface area contributed by atoms with Gasteiger partial charge in [0.15, 0.2) is 0 Å². The molecule has 1 amide bonds. The number of aromatic nitrogens is 3. The summed E-state index contributed by atoms with van der Waals surface area (Å²) in [6, 6.07) is -0.893. The lowest BCUT2D eigenvalue weighted by atomic mass is 10.0. The molecule has 0 aromatic carbocycles. The van der Waals surface area contributed by atoms with E-state index in [2.05, 4.69) is 15.0 Å². The summed E-state index contributed by atoms with van der Waals surface area (Å²) in [5, 5.41) is 10.2. The molecule has 0 saturated heterocycles. The molecule has 1 aliphatic rings. The number of H-pyrrole nitrogens is 1. The molecule has 3 rings (SSSR count). The van der Waals surface area contributed by atoms with E-state index in [1.165, 1.54) is 22.6 Å².